The van der Waals surface area contributed by atoms with Gasteiger partial charge in [0.05, 0.1) is 5.69 Å². The van der Waals surface area contributed by atoms with Crippen molar-refractivity contribution in [3.8, 4) is 0 Å². The second-order valence-electron chi connectivity index (χ2n) is 6.36. The zero-order valence-electron chi connectivity index (χ0n) is 13.8. The highest BCUT2D eigenvalue weighted by molar-refractivity contribution is 5.14. The maximum Gasteiger partial charge on any atom is 0.0544 e. The maximum atomic E-state index is 4.64. The largest absolute Gasteiger partial charge is 0.313 e. The first-order chi connectivity index (χ1) is 10.2. The van der Waals surface area contributed by atoms with Crippen molar-refractivity contribution in [3.05, 3.63) is 29.6 Å². The van der Waals surface area contributed by atoms with Crippen molar-refractivity contribution in [1.82, 2.24) is 20.1 Å². The minimum Gasteiger partial charge on any atom is -0.313 e. The number of likely N-dealkylation sites (N-methyl/N-ethyl adjacent to an activating group) is 1. The average molecular weight is 290 g/mol. The summed E-state index contributed by atoms with van der Waals surface area (Å²) in [6, 6.07) is 5.09. The van der Waals surface area contributed by atoms with E-state index in [0.29, 0.717) is 6.04 Å². The van der Waals surface area contributed by atoms with Crippen LogP contribution in [0.3, 0.4) is 0 Å². The van der Waals surface area contributed by atoms with Crippen molar-refractivity contribution < 1.29 is 0 Å². The van der Waals surface area contributed by atoms with E-state index in [-0.39, 0.29) is 0 Å². The molecular weight excluding hydrogens is 260 g/mol. The number of pyridine rings is 1. The van der Waals surface area contributed by atoms with Crippen molar-refractivity contribution in [2.24, 2.45) is 0 Å². The molecule has 1 atom stereocenters. The number of hydrogen-bond acceptors (Lipinski definition) is 4. The predicted molar refractivity (Wildman–Crippen MR) is 88.2 cm³/mol. The molecule has 2 heterocycles. The van der Waals surface area contributed by atoms with Gasteiger partial charge in [0.1, 0.15) is 0 Å². The van der Waals surface area contributed by atoms with Gasteiger partial charge in [-0.1, -0.05) is 13.0 Å². The Morgan fingerprint density at radius 3 is 2.90 bits per heavy atom. The highest BCUT2D eigenvalue weighted by Gasteiger charge is 2.24. The van der Waals surface area contributed by atoms with Crippen molar-refractivity contribution in [1.29, 1.82) is 0 Å². The van der Waals surface area contributed by atoms with E-state index in [0.717, 1.165) is 26.2 Å². The zero-order valence-corrected chi connectivity index (χ0v) is 13.8. The Morgan fingerprint density at radius 1 is 1.38 bits per heavy atom. The van der Waals surface area contributed by atoms with Gasteiger partial charge in [0.25, 0.3) is 0 Å². The third-order valence-electron chi connectivity index (χ3n) is 4.08. The summed E-state index contributed by atoms with van der Waals surface area (Å²) in [6.07, 6.45) is 5.83. The van der Waals surface area contributed by atoms with Gasteiger partial charge in [-0.15, -0.1) is 0 Å². The van der Waals surface area contributed by atoms with Crippen LogP contribution in [0.4, 0.5) is 0 Å². The first kappa shape index (κ1) is 16.4. The summed E-state index contributed by atoms with van der Waals surface area (Å²) >= 11 is 0. The fraction of sp³-hybridized carbons (Fsp3) is 0.706. The lowest BCUT2D eigenvalue weighted by atomic mass is 10.2. The fourth-order valence-corrected chi connectivity index (χ4v) is 3.00. The standard InChI is InChI=1S/C17H30N4/c1-4-9-18-11-15-7-8-16(19-12-15)13-21-10-5-6-17(21)14-20(2)3/h7-8,12,17-18H,4-6,9-11,13-14H2,1-3H3. The van der Waals surface area contributed by atoms with E-state index in [4.69, 9.17) is 0 Å². The second kappa shape index (κ2) is 8.47. The van der Waals surface area contributed by atoms with Crippen LogP contribution in [0.5, 0.6) is 0 Å². The van der Waals surface area contributed by atoms with Gasteiger partial charge in [0.2, 0.25) is 0 Å². The summed E-state index contributed by atoms with van der Waals surface area (Å²) in [4.78, 5) is 9.51. The third-order valence-corrected chi connectivity index (χ3v) is 4.08. The number of nitrogens with one attached hydrogen (secondary N) is 1. The smallest absolute Gasteiger partial charge is 0.0544 e. The Labute approximate surface area is 129 Å². The highest BCUT2D eigenvalue weighted by atomic mass is 15.2. The monoisotopic (exact) mass is 290 g/mol. The van der Waals surface area contributed by atoms with Crippen LogP contribution in [-0.4, -0.2) is 54.6 Å². The molecule has 1 N–H and O–H groups in total. The number of hydrogen-bond donors (Lipinski definition) is 1. The van der Waals surface area contributed by atoms with Gasteiger partial charge >= 0.3 is 0 Å². The number of aromatic nitrogens is 1. The predicted octanol–water partition coefficient (Wildman–Crippen LogP) is 2.11. The molecule has 4 heteroatoms. The molecule has 1 aliphatic rings. The SMILES string of the molecule is CCCNCc1ccc(CN2CCCC2CN(C)C)nc1. The van der Waals surface area contributed by atoms with Crippen molar-refractivity contribution in [2.75, 3.05) is 33.7 Å². The molecule has 0 amide bonds. The topological polar surface area (TPSA) is 31.4 Å². The summed E-state index contributed by atoms with van der Waals surface area (Å²) in [7, 11) is 4.32. The Bertz CT molecular complexity index is 402. The second-order valence-corrected chi connectivity index (χ2v) is 6.36. The summed E-state index contributed by atoms with van der Waals surface area (Å²) in [5.41, 5.74) is 2.47. The molecule has 4 nitrogen and oxygen atoms in total. The lowest BCUT2D eigenvalue weighted by Crippen LogP contribution is -2.37. The molecule has 0 bridgehead atoms. The van der Waals surface area contributed by atoms with E-state index in [2.05, 4.69) is 53.3 Å². The molecule has 1 fully saturated rings. The molecule has 1 aromatic heterocycles. The lowest BCUT2D eigenvalue weighted by molar-refractivity contribution is 0.199. The Morgan fingerprint density at radius 2 is 2.24 bits per heavy atom. The van der Waals surface area contributed by atoms with Crippen LogP contribution >= 0.6 is 0 Å². The van der Waals surface area contributed by atoms with Crippen molar-refractivity contribution >= 4 is 0 Å². The van der Waals surface area contributed by atoms with Crippen LogP contribution < -0.4 is 5.32 Å². The van der Waals surface area contributed by atoms with Gasteiger partial charge in [-0.25, -0.2) is 0 Å². The molecule has 0 aromatic carbocycles. The van der Waals surface area contributed by atoms with Gasteiger partial charge in [-0.2, -0.15) is 0 Å². The van der Waals surface area contributed by atoms with E-state index in [1.807, 2.05) is 6.20 Å². The average Bonchev–Trinajstić information content (AvgIpc) is 2.87. The Kier molecular flexibility index (Phi) is 6.61. The van der Waals surface area contributed by atoms with E-state index < -0.39 is 0 Å². The summed E-state index contributed by atoms with van der Waals surface area (Å²) in [5, 5.41) is 3.42. The van der Waals surface area contributed by atoms with Gasteiger partial charge < -0.3 is 10.2 Å². The van der Waals surface area contributed by atoms with Crippen LogP contribution in [0.15, 0.2) is 18.3 Å². The summed E-state index contributed by atoms with van der Waals surface area (Å²) < 4.78 is 0. The molecule has 1 saturated heterocycles. The normalized spacial score (nSPS) is 19.5. The quantitative estimate of drug-likeness (QED) is 0.743. The molecule has 0 radical (unpaired) electrons. The molecule has 0 spiro atoms. The van der Waals surface area contributed by atoms with Crippen LogP contribution in [-0.2, 0) is 13.1 Å². The van der Waals surface area contributed by atoms with E-state index in [9.17, 15) is 0 Å². The Balaban J connectivity index is 1.84. The van der Waals surface area contributed by atoms with Gasteiger partial charge in [0.15, 0.2) is 0 Å². The molecule has 1 aromatic rings. The zero-order chi connectivity index (χ0) is 15.1. The molecule has 21 heavy (non-hydrogen) atoms. The highest BCUT2D eigenvalue weighted by Crippen LogP contribution is 2.20. The molecule has 0 saturated carbocycles. The van der Waals surface area contributed by atoms with Crippen LogP contribution in [0.1, 0.15) is 37.4 Å². The van der Waals surface area contributed by atoms with Crippen LogP contribution in [0.25, 0.3) is 0 Å². The maximum absolute atomic E-state index is 4.64. The Hall–Kier alpha value is -0.970. The molecule has 2 rings (SSSR count). The first-order valence-corrected chi connectivity index (χ1v) is 8.22. The number of likely N-dealkylation sites (tertiary alicyclic amines) is 1. The van der Waals surface area contributed by atoms with E-state index in [1.54, 1.807) is 0 Å². The number of nitrogens with zero attached hydrogens (tertiary/aromatic N) is 3. The molecule has 0 aliphatic carbocycles. The van der Waals surface area contributed by atoms with E-state index >= 15 is 0 Å². The van der Waals surface area contributed by atoms with Gasteiger partial charge in [-0.3, -0.25) is 9.88 Å². The summed E-state index contributed by atoms with van der Waals surface area (Å²) in [6.45, 7) is 7.53. The van der Waals surface area contributed by atoms with E-state index in [1.165, 1.54) is 37.1 Å². The van der Waals surface area contributed by atoms with Crippen molar-refractivity contribution in [3.63, 3.8) is 0 Å². The fourth-order valence-electron chi connectivity index (χ4n) is 3.00. The third kappa shape index (κ3) is 5.38. The lowest BCUT2D eigenvalue weighted by Gasteiger charge is -2.26. The molecule has 118 valence electrons. The number of rotatable bonds is 8. The molecule has 1 aliphatic heterocycles. The van der Waals surface area contributed by atoms with Crippen LogP contribution in [0.2, 0.25) is 0 Å². The minimum atomic E-state index is 0.688. The van der Waals surface area contributed by atoms with Gasteiger partial charge in [0, 0.05) is 31.9 Å². The first-order valence-electron chi connectivity index (χ1n) is 8.22. The van der Waals surface area contributed by atoms with Crippen LogP contribution in [0, 0.1) is 0 Å². The van der Waals surface area contributed by atoms with Crippen molar-refractivity contribution in [2.45, 2.75) is 45.3 Å². The minimum absolute atomic E-state index is 0.688. The molecule has 1 unspecified atom stereocenters. The van der Waals surface area contributed by atoms with Gasteiger partial charge in [-0.05, 0) is 58.1 Å². The summed E-state index contributed by atoms with van der Waals surface area (Å²) in [5.74, 6) is 0. The molecular formula is C17H30N4.